The number of hydrogen-bond acceptors (Lipinski definition) is 4. The molecule has 2 saturated heterocycles. The molecule has 1 spiro atoms. The lowest BCUT2D eigenvalue weighted by Crippen LogP contribution is -2.54. The Morgan fingerprint density at radius 1 is 1.22 bits per heavy atom. The molecule has 1 atom stereocenters. The number of nitrogens with zero attached hydrogens (tertiary/aromatic N) is 2. The number of likely N-dealkylation sites (tertiary alicyclic amines) is 2. The molecule has 3 heterocycles. The summed E-state index contributed by atoms with van der Waals surface area (Å²) in [6, 6.07) is 10.4. The van der Waals surface area contributed by atoms with Crippen molar-refractivity contribution in [3.05, 3.63) is 36.1 Å². The second-order valence-corrected chi connectivity index (χ2v) is 8.23. The summed E-state index contributed by atoms with van der Waals surface area (Å²) < 4.78 is 11.2. The number of rotatable bonds is 6. The van der Waals surface area contributed by atoms with Crippen molar-refractivity contribution >= 4 is 16.9 Å². The maximum atomic E-state index is 12.3. The predicted octanol–water partition coefficient (Wildman–Crippen LogP) is 3.67. The first kappa shape index (κ1) is 18.5. The van der Waals surface area contributed by atoms with Crippen molar-refractivity contribution in [2.24, 2.45) is 5.41 Å². The van der Waals surface area contributed by atoms with Crippen LogP contribution in [0.2, 0.25) is 0 Å². The van der Waals surface area contributed by atoms with Gasteiger partial charge in [-0.25, -0.2) is 0 Å². The lowest BCUT2D eigenvalue weighted by Gasteiger charge is -2.48. The van der Waals surface area contributed by atoms with Gasteiger partial charge in [0.15, 0.2) is 0 Å². The topological polar surface area (TPSA) is 45.9 Å². The number of piperidine rings is 2. The normalized spacial score (nSPS) is 24.2. The number of benzene rings is 1. The van der Waals surface area contributed by atoms with Crippen molar-refractivity contribution in [3.63, 3.8) is 0 Å². The summed E-state index contributed by atoms with van der Waals surface area (Å²) in [4.78, 5) is 16.9. The van der Waals surface area contributed by atoms with E-state index in [1.54, 1.807) is 7.11 Å². The molecule has 0 bridgehead atoms. The van der Waals surface area contributed by atoms with Gasteiger partial charge in [-0.3, -0.25) is 9.69 Å². The molecular formula is C22H30N2O3. The van der Waals surface area contributed by atoms with E-state index in [0.29, 0.717) is 12.3 Å². The van der Waals surface area contributed by atoms with Crippen LogP contribution in [-0.2, 0) is 16.1 Å². The number of carbonyl (C=O) groups excluding carboxylic acids is 1. The van der Waals surface area contributed by atoms with Gasteiger partial charge in [-0.1, -0.05) is 18.2 Å². The Labute approximate surface area is 161 Å². The number of amides is 1. The van der Waals surface area contributed by atoms with Crippen LogP contribution in [0, 0.1) is 5.41 Å². The highest BCUT2D eigenvalue weighted by Crippen LogP contribution is 2.39. The van der Waals surface area contributed by atoms with Crippen LogP contribution >= 0.6 is 0 Å². The third-order valence-corrected chi connectivity index (χ3v) is 6.12. The maximum absolute atomic E-state index is 12.3. The van der Waals surface area contributed by atoms with E-state index >= 15 is 0 Å². The van der Waals surface area contributed by atoms with Gasteiger partial charge in [0.25, 0.3) is 0 Å². The lowest BCUT2D eigenvalue weighted by atomic mass is 9.73. The molecule has 0 radical (unpaired) electrons. The number of para-hydroxylation sites is 1. The summed E-state index contributed by atoms with van der Waals surface area (Å²) in [5.41, 5.74) is 1.21. The Bertz CT molecular complexity index is 754. The van der Waals surface area contributed by atoms with Crippen LogP contribution in [-0.4, -0.2) is 55.6 Å². The molecule has 1 amide bonds. The van der Waals surface area contributed by atoms with Crippen molar-refractivity contribution in [2.45, 2.75) is 38.6 Å². The molecule has 1 aromatic heterocycles. The molecule has 0 aliphatic carbocycles. The minimum Gasteiger partial charge on any atom is -0.460 e. The summed E-state index contributed by atoms with van der Waals surface area (Å²) >= 11 is 0. The Morgan fingerprint density at radius 2 is 2.11 bits per heavy atom. The second-order valence-electron chi connectivity index (χ2n) is 8.23. The molecule has 0 N–H and O–H groups in total. The zero-order valence-electron chi connectivity index (χ0n) is 16.3. The first-order chi connectivity index (χ1) is 13.2. The number of carbonyl (C=O) groups is 1. The second kappa shape index (κ2) is 8.03. The number of ether oxygens (including phenoxy) is 1. The van der Waals surface area contributed by atoms with Crippen LogP contribution < -0.4 is 0 Å². The van der Waals surface area contributed by atoms with E-state index in [1.807, 2.05) is 12.1 Å². The van der Waals surface area contributed by atoms with Crippen molar-refractivity contribution in [1.29, 1.82) is 0 Å². The van der Waals surface area contributed by atoms with E-state index in [-0.39, 0.29) is 5.41 Å². The molecule has 1 aromatic carbocycles. The van der Waals surface area contributed by atoms with E-state index < -0.39 is 0 Å². The molecule has 5 heteroatoms. The van der Waals surface area contributed by atoms with E-state index in [0.717, 1.165) is 63.5 Å². The third kappa shape index (κ3) is 4.19. The van der Waals surface area contributed by atoms with Crippen molar-refractivity contribution in [3.8, 4) is 0 Å². The van der Waals surface area contributed by atoms with E-state index in [9.17, 15) is 4.79 Å². The average Bonchev–Trinajstić information content (AvgIpc) is 3.07. The van der Waals surface area contributed by atoms with E-state index in [2.05, 4.69) is 28.0 Å². The molecule has 2 aliphatic heterocycles. The summed E-state index contributed by atoms with van der Waals surface area (Å²) in [6.07, 6.45) is 5.04. The standard InChI is InChI=1S/C22H30N2O3/c1-26-13-5-12-24-17-22(10-8-21(24)25)9-4-11-23(16-22)15-19-14-18-6-2-3-7-20(18)27-19/h2-3,6-7,14H,4-5,8-13,15-17H2,1H3/t22-/m1/s1. The molecule has 2 aromatic rings. The smallest absolute Gasteiger partial charge is 0.222 e. The average molecular weight is 370 g/mol. The van der Waals surface area contributed by atoms with Gasteiger partial charge >= 0.3 is 0 Å². The van der Waals surface area contributed by atoms with Gasteiger partial charge in [0.1, 0.15) is 11.3 Å². The van der Waals surface area contributed by atoms with Crippen LogP contribution in [0.25, 0.3) is 11.0 Å². The summed E-state index contributed by atoms with van der Waals surface area (Å²) in [7, 11) is 1.72. The van der Waals surface area contributed by atoms with Crippen LogP contribution in [0.15, 0.2) is 34.7 Å². The largest absolute Gasteiger partial charge is 0.460 e. The Hall–Kier alpha value is -1.85. The molecule has 27 heavy (non-hydrogen) atoms. The summed E-state index contributed by atoms with van der Waals surface area (Å²) in [5.74, 6) is 1.35. The fraction of sp³-hybridized carbons (Fsp3) is 0.591. The summed E-state index contributed by atoms with van der Waals surface area (Å²) in [5, 5.41) is 1.17. The van der Waals surface area contributed by atoms with Crippen molar-refractivity contribution < 1.29 is 13.9 Å². The minimum absolute atomic E-state index is 0.241. The van der Waals surface area contributed by atoms with Gasteiger partial charge in [0.2, 0.25) is 5.91 Å². The Kier molecular flexibility index (Phi) is 5.50. The van der Waals surface area contributed by atoms with Gasteiger partial charge in [-0.05, 0) is 44.4 Å². The van der Waals surface area contributed by atoms with Gasteiger partial charge < -0.3 is 14.1 Å². The minimum atomic E-state index is 0.241. The zero-order chi connectivity index (χ0) is 18.7. The monoisotopic (exact) mass is 370 g/mol. The lowest BCUT2D eigenvalue weighted by molar-refractivity contribution is -0.139. The third-order valence-electron chi connectivity index (χ3n) is 6.12. The van der Waals surface area contributed by atoms with Gasteiger partial charge in [-0.2, -0.15) is 0 Å². The predicted molar refractivity (Wildman–Crippen MR) is 105 cm³/mol. The van der Waals surface area contributed by atoms with Crippen molar-refractivity contribution in [2.75, 3.05) is 39.9 Å². The number of fused-ring (bicyclic) bond motifs is 1. The Morgan fingerprint density at radius 3 is 2.96 bits per heavy atom. The number of hydrogen-bond donors (Lipinski definition) is 0. The molecule has 0 saturated carbocycles. The molecule has 2 fully saturated rings. The fourth-order valence-electron chi connectivity index (χ4n) is 4.82. The number of furan rings is 1. The molecule has 4 rings (SSSR count). The highest BCUT2D eigenvalue weighted by molar-refractivity contribution is 5.78. The van der Waals surface area contributed by atoms with Gasteiger partial charge in [0.05, 0.1) is 6.54 Å². The first-order valence-electron chi connectivity index (χ1n) is 10.1. The van der Waals surface area contributed by atoms with Gasteiger partial charge in [0, 0.05) is 50.6 Å². The zero-order valence-corrected chi connectivity index (χ0v) is 16.3. The fourth-order valence-corrected chi connectivity index (χ4v) is 4.82. The molecule has 2 aliphatic rings. The molecule has 146 valence electrons. The van der Waals surface area contributed by atoms with Crippen molar-refractivity contribution in [1.82, 2.24) is 9.80 Å². The molecule has 0 unspecified atom stereocenters. The van der Waals surface area contributed by atoms with Gasteiger partial charge in [-0.15, -0.1) is 0 Å². The van der Waals surface area contributed by atoms with Crippen LogP contribution in [0.4, 0.5) is 0 Å². The highest BCUT2D eigenvalue weighted by atomic mass is 16.5. The SMILES string of the molecule is COCCCN1C[C@]2(CCCN(Cc3cc4ccccc4o3)C2)CCC1=O. The highest BCUT2D eigenvalue weighted by Gasteiger charge is 2.41. The van der Waals surface area contributed by atoms with Crippen LogP contribution in [0.3, 0.4) is 0 Å². The first-order valence-corrected chi connectivity index (χ1v) is 10.1. The van der Waals surface area contributed by atoms with E-state index in [1.165, 1.54) is 18.2 Å². The van der Waals surface area contributed by atoms with Crippen LogP contribution in [0.1, 0.15) is 37.9 Å². The number of methoxy groups -OCH3 is 1. The molecule has 5 nitrogen and oxygen atoms in total. The molecular weight excluding hydrogens is 340 g/mol. The summed E-state index contributed by atoms with van der Waals surface area (Å²) in [6.45, 7) is 5.45. The van der Waals surface area contributed by atoms with E-state index in [4.69, 9.17) is 9.15 Å². The van der Waals surface area contributed by atoms with Crippen LogP contribution in [0.5, 0.6) is 0 Å². The Balaban J connectivity index is 1.41. The maximum Gasteiger partial charge on any atom is 0.222 e. The quantitative estimate of drug-likeness (QED) is 0.728.